The molecule has 1 unspecified atom stereocenters. The summed E-state index contributed by atoms with van der Waals surface area (Å²) >= 11 is 1.59. The molecule has 5 aromatic heterocycles. The first-order valence-corrected chi connectivity index (χ1v) is 22.9. The first kappa shape index (κ1) is 41.5. The number of benzene rings is 2. The van der Waals surface area contributed by atoms with Crippen molar-refractivity contribution in [2.45, 2.75) is 89.4 Å². The van der Waals surface area contributed by atoms with E-state index in [1.54, 1.807) is 41.9 Å². The molecule has 3 fully saturated rings. The summed E-state index contributed by atoms with van der Waals surface area (Å²) in [7, 11) is 0. The van der Waals surface area contributed by atoms with Crippen molar-refractivity contribution >= 4 is 40.1 Å². The Kier molecular flexibility index (Phi) is 10.9. The van der Waals surface area contributed by atoms with E-state index in [-0.39, 0.29) is 48.4 Å². The number of hydrogen-bond donors (Lipinski definition) is 3. The van der Waals surface area contributed by atoms with Crippen molar-refractivity contribution in [2.75, 3.05) is 24.5 Å². The zero-order valence-electron chi connectivity index (χ0n) is 36.1. The molecule has 3 N–H and O–H groups in total. The van der Waals surface area contributed by atoms with Crippen molar-refractivity contribution in [3.05, 3.63) is 107 Å². The van der Waals surface area contributed by atoms with Gasteiger partial charge >= 0.3 is 0 Å². The van der Waals surface area contributed by atoms with Gasteiger partial charge in [0.25, 0.3) is 0 Å². The van der Waals surface area contributed by atoms with Gasteiger partial charge in [0.1, 0.15) is 34.7 Å². The number of aliphatic hydroxyl groups excluding tert-OH is 1. The Morgan fingerprint density at radius 1 is 0.906 bits per heavy atom. The van der Waals surface area contributed by atoms with Gasteiger partial charge in [-0.05, 0) is 74.4 Å². The number of rotatable bonds is 12. The number of amides is 2. The molecule has 64 heavy (non-hydrogen) atoms. The second-order valence-corrected chi connectivity index (χ2v) is 18.6. The number of anilines is 1. The second-order valence-electron chi connectivity index (χ2n) is 17.7. The molecular weight excluding hydrogens is 829 g/mol. The van der Waals surface area contributed by atoms with Crippen LogP contribution in [0.3, 0.4) is 0 Å². The van der Waals surface area contributed by atoms with Gasteiger partial charge in [-0.1, -0.05) is 55.4 Å². The number of fused-ring (bicyclic) bond motifs is 1. The summed E-state index contributed by atoms with van der Waals surface area (Å²) in [5.41, 5.74) is 10.4. The van der Waals surface area contributed by atoms with E-state index in [4.69, 9.17) is 14.5 Å². The Morgan fingerprint density at radius 3 is 2.41 bits per heavy atom. The number of carbonyl (C=O) groups is 2. The van der Waals surface area contributed by atoms with Crippen LogP contribution in [0.4, 0.5) is 5.95 Å². The zero-order chi connectivity index (χ0) is 44.2. The first-order valence-electron chi connectivity index (χ1n) is 22.0. The van der Waals surface area contributed by atoms with E-state index in [9.17, 15) is 19.8 Å². The van der Waals surface area contributed by atoms with Crippen molar-refractivity contribution < 1.29 is 24.3 Å². The number of aromatic nitrogens is 7. The number of aromatic hydroxyl groups is 1. The number of likely N-dealkylation sites (tertiary alicyclic amines) is 1. The Bertz CT molecular complexity index is 2830. The fourth-order valence-electron chi connectivity index (χ4n) is 9.40. The van der Waals surface area contributed by atoms with Crippen LogP contribution in [-0.2, 0) is 9.59 Å². The monoisotopic (exact) mass is 878 g/mol. The van der Waals surface area contributed by atoms with E-state index in [0.717, 1.165) is 65.1 Å². The maximum absolute atomic E-state index is 14.3. The normalized spacial score (nSPS) is 19.8. The lowest BCUT2D eigenvalue weighted by Crippen LogP contribution is -2.48. The summed E-state index contributed by atoms with van der Waals surface area (Å²) in [4.78, 5) is 46.8. The molecular formula is C48H50N10O5S. The highest BCUT2D eigenvalue weighted by Crippen LogP contribution is 2.44. The fraction of sp³-hybridized carbons (Fsp3) is 0.375. The number of para-hydroxylation sites is 1. The molecule has 328 valence electrons. The number of β-amino-alcohol motifs (C(OH)–C–C–N with tert-alkyl or cyclic N) is 1. The van der Waals surface area contributed by atoms with Crippen molar-refractivity contribution in [3.63, 3.8) is 0 Å². The quantitative estimate of drug-likeness (QED) is 0.109. The number of hydrogen-bond acceptors (Lipinski definition) is 13. The van der Waals surface area contributed by atoms with Crippen LogP contribution in [0.5, 0.6) is 5.75 Å². The van der Waals surface area contributed by atoms with Crippen LogP contribution < -0.4 is 10.2 Å². The maximum Gasteiger partial charge on any atom is 0.243 e. The van der Waals surface area contributed by atoms with Gasteiger partial charge in [-0.25, -0.2) is 15.0 Å². The van der Waals surface area contributed by atoms with Gasteiger partial charge < -0.3 is 34.4 Å². The van der Waals surface area contributed by atoms with Gasteiger partial charge in [0.2, 0.25) is 17.8 Å². The van der Waals surface area contributed by atoms with Crippen molar-refractivity contribution in [2.24, 2.45) is 5.92 Å². The van der Waals surface area contributed by atoms with Gasteiger partial charge in [0.05, 0.1) is 39.4 Å². The number of phenolic OH excluding ortho intramolecular Hbond substituents is 1. The van der Waals surface area contributed by atoms with Gasteiger partial charge in [-0.2, -0.15) is 0 Å². The van der Waals surface area contributed by atoms with Crippen LogP contribution in [0, 0.1) is 12.8 Å². The SMILES string of the molecule is Cc1ncsc1-c1ccc([C@H](C)NC(=O)[C@@H]2C[C@@H](O)CN2C(=O)C(c2cc(-c3cnc(N4CC[C@@H](c5cc6nnc(-c7ccccc7O)cc6n5C5CC5)C4)nc3)no2)C(C)C)cc1. The molecule has 0 radical (unpaired) electrons. The Morgan fingerprint density at radius 2 is 1.69 bits per heavy atom. The third-order valence-electron chi connectivity index (χ3n) is 12.9. The summed E-state index contributed by atoms with van der Waals surface area (Å²) in [6.07, 6.45) is 5.93. The predicted octanol–water partition coefficient (Wildman–Crippen LogP) is 7.59. The first-order chi connectivity index (χ1) is 31.0. The lowest BCUT2D eigenvalue weighted by molar-refractivity contribution is -0.141. The van der Waals surface area contributed by atoms with Gasteiger partial charge in [0.15, 0.2) is 0 Å². The topological polar surface area (TPSA) is 189 Å². The average Bonchev–Trinajstić information content (AvgIpc) is 3.81. The van der Waals surface area contributed by atoms with Crippen LogP contribution in [-0.4, -0.2) is 93.6 Å². The van der Waals surface area contributed by atoms with Crippen molar-refractivity contribution in [1.29, 1.82) is 0 Å². The second kappa shape index (κ2) is 16.9. The average molecular weight is 879 g/mol. The van der Waals surface area contributed by atoms with E-state index in [1.807, 2.05) is 75.7 Å². The zero-order valence-corrected chi connectivity index (χ0v) is 36.9. The molecule has 2 aliphatic heterocycles. The Balaban J connectivity index is 0.807. The van der Waals surface area contributed by atoms with Crippen LogP contribution >= 0.6 is 11.3 Å². The van der Waals surface area contributed by atoms with Crippen LogP contribution in [0.15, 0.2) is 89.2 Å². The van der Waals surface area contributed by atoms with Gasteiger partial charge in [-0.3, -0.25) is 9.59 Å². The Labute approximate surface area is 374 Å². The van der Waals surface area contributed by atoms with Crippen LogP contribution in [0.25, 0.3) is 44.0 Å². The molecule has 3 aliphatic rings. The largest absolute Gasteiger partial charge is 0.507 e. The van der Waals surface area contributed by atoms with E-state index < -0.39 is 18.1 Å². The summed E-state index contributed by atoms with van der Waals surface area (Å²) in [5, 5.41) is 37.7. The molecule has 5 atom stereocenters. The number of thiazole rings is 1. The molecule has 1 aliphatic carbocycles. The Hall–Kier alpha value is -6.52. The maximum atomic E-state index is 14.3. The van der Waals surface area contributed by atoms with E-state index in [2.05, 4.69) is 41.2 Å². The lowest BCUT2D eigenvalue weighted by Gasteiger charge is -2.29. The molecule has 2 saturated heterocycles. The number of nitrogens with one attached hydrogen (secondary N) is 1. The number of carbonyl (C=O) groups excluding carboxylic acids is 2. The minimum Gasteiger partial charge on any atom is -0.507 e. The van der Waals surface area contributed by atoms with Gasteiger partial charge in [0, 0.05) is 73.3 Å². The van der Waals surface area contributed by atoms with Crippen molar-refractivity contribution in [1.82, 2.24) is 45.1 Å². The van der Waals surface area contributed by atoms with Crippen LogP contribution in [0.2, 0.25) is 0 Å². The molecule has 16 heteroatoms. The highest BCUT2D eigenvalue weighted by molar-refractivity contribution is 7.13. The van der Waals surface area contributed by atoms with E-state index >= 15 is 0 Å². The van der Waals surface area contributed by atoms with E-state index in [0.29, 0.717) is 40.3 Å². The highest BCUT2D eigenvalue weighted by Gasteiger charge is 2.44. The third-order valence-corrected chi connectivity index (χ3v) is 13.9. The summed E-state index contributed by atoms with van der Waals surface area (Å²) in [5.74, 6) is -0.132. The molecule has 7 aromatic rings. The molecule has 15 nitrogen and oxygen atoms in total. The molecule has 0 bridgehead atoms. The number of aryl methyl sites for hydroxylation is 1. The standard InChI is InChI=1S/C48H50N10O5S/c1-26(2)44(47(62)57-24-34(59)17-41(57)46(61)52-27(3)29-9-11-30(12-10-29)45-28(4)51-25-64-45)43-20-36(55-63-43)32-21-49-48(50-22-32)56-16-15-31(23-56)39-19-38-40(58(39)33-13-14-33)18-37(53-54-38)35-7-5-6-8-42(35)60/h5-12,18-22,25-27,31,33-34,41,44,59-60H,13-17,23-24H2,1-4H3,(H,52,61)/t27-,31+,34+,41-,44?/m0/s1. The number of aliphatic hydroxyl groups is 1. The van der Waals surface area contributed by atoms with Gasteiger partial charge in [-0.15, -0.1) is 21.5 Å². The molecule has 2 aromatic carbocycles. The highest BCUT2D eigenvalue weighted by atomic mass is 32.1. The fourth-order valence-corrected chi connectivity index (χ4v) is 10.2. The number of phenols is 1. The minimum absolute atomic E-state index is 0.0442. The van der Waals surface area contributed by atoms with E-state index in [1.165, 1.54) is 10.6 Å². The number of nitrogens with zero attached hydrogens (tertiary/aromatic N) is 9. The third kappa shape index (κ3) is 7.89. The molecule has 10 rings (SSSR count). The summed E-state index contributed by atoms with van der Waals surface area (Å²) in [6.45, 7) is 9.34. The minimum atomic E-state index is -0.840. The molecule has 2 amide bonds. The molecule has 1 saturated carbocycles. The molecule has 7 heterocycles. The summed E-state index contributed by atoms with van der Waals surface area (Å²) in [6, 6.07) is 20.5. The molecule has 0 spiro atoms. The predicted molar refractivity (Wildman–Crippen MR) is 243 cm³/mol. The smallest absolute Gasteiger partial charge is 0.243 e. The van der Waals surface area contributed by atoms with Crippen molar-refractivity contribution in [3.8, 4) is 38.7 Å². The summed E-state index contributed by atoms with van der Waals surface area (Å²) < 4.78 is 8.28. The lowest BCUT2D eigenvalue weighted by atomic mass is 9.91. The van der Waals surface area contributed by atoms with Crippen LogP contribution in [0.1, 0.15) is 93.1 Å².